The van der Waals surface area contributed by atoms with E-state index in [9.17, 15) is 0 Å². The fraction of sp³-hybridized carbons (Fsp3) is 0.667. The molecule has 1 N–H and O–H groups in total. The van der Waals surface area contributed by atoms with Gasteiger partial charge in [0.15, 0.2) is 0 Å². The van der Waals surface area contributed by atoms with Crippen molar-refractivity contribution in [1.82, 2.24) is 10.2 Å². The van der Waals surface area contributed by atoms with Gasteiger partial charge in [-0.25, -0.2) is 0 Å². The number of nitrogens with zero attached hydrogens (tertiary/aromatic N) is 1. The summed E-state index contributed by atoms with van der Waals surface area (Å²) in [7, 11) is 2.21. The van der Waals surface area contributed by atoms with Crippen molar-refractivity contribution in [3.05, 3.63) is 24.2 Å². The smallest absolute Gasteiger partial charge is 0.0947 e. The molecule has 0 amide bonds. The van der Waals surface area contributed by atoms with E-state index in [-0.39, 0.29) is 0 Å². The van der Waals surface area contributed by atoms with Crippen LogP contribution >= 0.6 is 0 Å². The van der Waals surface area contributed by atoms with Crippen LogP contribution in [-0.2, 0) is 6.54 Å². The highest BCUT2D eigenvalue weighted by Crippen LogP contribution is 2.14. The topological polar surface area (TPSA) is 28.4 Å². The standard InChI is InChI=1S/C12H20N2O/c1-14(9-11-5-8-15-10-11)12-3-2-6-13-7-4-12/h5,8,10,12-13H,2-4,6-7,9H2,1H3. The molecule has 0 aliphatic carbocycles. The third-order valence-corrected chi connectivity index (χ3v) is 3.18. The molecule has 3 nitrogen and oxygen atoms in total. The van der Waals surface area contributed by atoms with E-state index < -0.39 is 0 Å². The molecular weight excluding hydrogens is 188 g/mol. The lowest BCUT2D eigenvalue weighted by Crippen LogP contribution is -2.31. The summed E-state index contributed by atoms with van der Waals surface area (Å²) in [4.78, 5) is 2.44. The summed E-state index contributed by atoms with van der Waals surface area (Å²) >= 11 is 0. The molecule has 3 heteroatoms. The average Bonchev–Trinajstić information content (AvgIpc) is 2.58. The van der Waals surface area contributed by atoms with Crippen molar-refractivity contribution in [2.45, 2.75) is 31.8 Å². The third-order valence-electron chi connectivity index (χ3n) is 3.18. The maximum absolute atomic E-state index is 5.09. The van der Waals surface area contributed by atoms with E-state index in [1.54, 1.807) is 6.26 Å². The van der Waals surface area contributed by atoms with Crippen LogP contribution in [-0.4, -0.2) is 31.1 Å². The molecule has 1 aromatic heterocycles. The van der Waals surface area contributed by atoms with E-state index in [1.165, 1.54) is 31.4 Å². The molecule has 1 saturated heterocycles. The van der Waals surface area contributed by atoms with Gasteiger partial charge in [0, 0.05) is 18.2 Å². The molecule has 0 bridgehead atoms. The van der Waals surface area contributed by atoms with Crippen LogP contribution in [0.3, 0.4) is 0 Å². The number of nitrogens with one attached hydrogen (secondary N) is 1. The van der Waals surface area contributed by atoms with Crippen LogP contribution < -0.4 is 5.32 Å². The van der Waals surface area contributed by atoms with Gasteiger partial charge in [0.2, 0.25) is 0 Å². The predicted octanol–water partition coefficient (Wildman–Crippen LogP) is 1.85. The molecule has 0 radical (unpaired) electrons. The van der Waals surface area contributed by atoms with Gasteiger partial charge in [-0.05, 0) is 45.5 Å². The van der Waals surface area contributed by atoms with Crippen molar-refractivity contribution in [3.8, 4) is 0 Å². The zero-order valence-electron chi connectivity index (χ0n) is 9.41. The van der Waals surface area contributed by atoms with Crippen LogP contribution in [0.2, 0.25) is 0 Å². The molecule has 0 aromatic carbocycles. The Labute approximate surface area is 91.4 Å². The van der Waals surface area contributed by atoms with Gasteiger partial charge in [-0.2, -0.15) is 0 Å². The summed E-state index contributed by atoms with van der Waals surface area (Å²) in [5.74, 6) is 0. The van der Waals surface area contributed by atoms with Crippen LogP contribution in [0.4, 0.5) is 0 Å². The second-order valence-corrected chi connectivity index (χ2v) is 4.38. The van der Waals surface area contributed by atoms with Crippen LogP contribution in [0.1, 0.15) is 24.8 Å². The maximum atomic E-state index is 5.09. The molecule has 0 saturated carbocycles. The summed E-state index contributed by atoms with van der Waals surface area (Å²) in [6.07, 6.45) is 7.44. The molecule has 2 heterocycles. The van der Waals surface area contributed by atoms with Crippen molar-refractivity contribution in [2.75, 3.05) is 20.1 Å². The highest BCUT2D eigenvalue weighted by atomic mass is 16.3. The summed E-state index contributed by atoms with van der Waals surface area (Å²) < 4.78 is 5.09. The lowest BCUT2D eigenvalue weighted by atomic mass is 10.1. The van der Waals surface area contributed by atoms with Crippen LogP contribution in [0, 0.1) is 0 Å². The highest BCUT2D eigenvalue weighted by molar-refractivity contribution is 5.05. The third kappa shape index (κ3) is 3.08. The van der Waals surface area contributed by atoms with Crippen molar-refractivity contribution in [1.29, 1.82) is 0 Å². The molecule has 84 valence electrons. The average molecular weight is 208 g/mol. The van der Waals surface area contributed by atoms with E-state index in [1.807, 2.05) is 12.3 Å². The molecule has 1 unspecified atom stereocenters. The van der Waals surface area contributed by atoms with Crippen LogP contribution in [0.25, 0.3) is 0 Å². The molecule has 1 fully saturated rings. The first-order chi connectivity index (χ1) is 7.36. The Balaban J connectivity index is 1.86. The van der Waals surface area contributed by atoms with Gasteiger partial charge in [-0.15, -0.1) is 0 Å². The number of hydrogen-bond donors (Lipinski definition) is 1. The minimum atomic E-state index is 0.717. The lowest BCUT2D eigenvalue weighted by Gasteiger charge is -2.26. The van der Waals surface area contributed by atoms with Crippen LogP contribution in [0.15, 0.2) is 23.0 Å². The molecule has 1 aliphatic heterocycles. The fourth-order valence-corrected chi connectivity index (χ4v) is 2.24. The zero-order chi connectivity index (χ0) is 10.5. The molecule has 15 heavy (non-hydrogen) atoms. The van der Waals surface area contributed by atoms with Crippen molar-refractivity contribution < 1.29 is 4.42 Å². The Morgan fingerprint density at radius 2 is 2.40 bits per heavy atom. The Bertz CT molecular complexity index is 263. The predicted molar refractivity (Wildman–Crippen MR) is 60.7 cm³/mol. The Morgan fingerprint density at radius 1 is 1.47 bits per heavy atom. The van der Waals surface area contributed by atoms with E-state index in [2.05, 4.69) is 17.3 Å². The monoisotopic (exact) mass is 208 g/mol. The van der Waals surface area contributed by atoms with Gasteiger partial charge in [-0.1, -0.05) is 0 Å². The maximum Gasteiger partial charge on any atom is 0.0947 e. The molecule has 1 atom stereocenters. The summed E-state index contributed by atoms with van der Waals surface area (Å²) in [6.45, 7) is 3.33. The molecule has 0 spiro atoms. The molecule has 1 aliphatic rings. The number of hydrogen-bond acceptors (Lipinski definition) is 3. The first-order valence-corrected chi connectivity index (χ1v) is 5.78. The van der Waals surface area contributed by atoms with Gasteiger partial charge in [-0.3, -0.25) is 4.90 Å². The van der Waals surface area contributed by atoms with E-state index in [0.717, 1.165) is 19.1 Å². The largest absolute Gasteiger partial charge is 0.472 e. The number of furan rings is 1. The summed E-state index contributed by atoms with van der Waals surface area (Å²) in [5, 5.41) is 3.45. The molecule has 2 rings (SSSR count). The SMILES string of the molecule is CN(Cc1ccoc1)C1CCCNCC1. The number of rotatable bonds is 3. The van der Waals surface area contributed by atoms with Crippen LogP contribution in [0.5, 0.6) is 0 Å². The van der Waals surface area contributed by atoms with Crippen molar-refractivity contribution in [2.24, 2.45) is 0 Å². The highest BCUT2D eigenvalue weighted by Gasteiger charge is 2.16. The van der Waals surface area contributed by atoms with E-state index >= 15 is 0 Å². The van der Waals surface area contributed by atoms with Gasteiger partial charge in [0.25, 0.3) is 0 Å². The fourth-order valence-electron chi connectivity index (χ4n) is 2.24. The van der Waals surface area contributed by atoms with Gasteiger partial charge >= 0.3 is 0 Å². The van der Waals surface area contributed by atoms with Gasteiger partial charge in [0.1, 0.15) is 0 Å². The van der Waals surface area contributed by atoms with Gasteiger partial charge in [0.05, 0.1) is 12.5 Å². The first kappa shape index (κ1) is 10.7. The lowest BCUT2D eigenvalue weighted by molar-refractivity contribution is 0.216. The minimum Gasteiger partial charge on any atom is -0.472 e. The van der Waals surface area contributed by atoms with Crippen molar-refractivity contribution >= 4 is 0 Å². The van der Waals surface area contributed by atoms with E-state index in [0.29, 0.717) is 0 Å². The van der Waals surface area contributed by atoms with Gasteiger partial charge < -0.3 is 9.73 Å². The Hall–Kier alpha value is -0.800. The van der Waals surface area contributed by atoms with Crippen molar-refractivity contribution in [3.63, 3.8) is 0 Å². The Kier molecular flexibility index (Phi) is 3.80. The first-order valence-electron chi connectivity index (χ1n) is 5.78. The Morgan fingerprint density at radius 3 is 3.20 bits per heavy atom. The van der Waals surface area contributed by atoms with E-state index in [4.69, 9.17) is 4.42 Å². The molecular formula is C12H20N2O. The normalized spacial score (nSPS) is 22.9. The summed E-state index contributed by atoms with van der Waals surface area (Å²) in [6, 6.07) is 2.76. The summed E-state index contributed by atoms with van der Waals surface area (Å²) in [5.41, 5.74) is 1.27. The zero-order valence-corrected chi connectivity index (χ0v) is 9.41. The second-order valence-electron chi connectivity index (χ2n) is 4.38. The second kappa shape index (κ2) is 5.33. The quantitative estimate of drug-likeness (QED) is 0.821. The minimum absolute atomic E-state index is 0.717. The molecule has 1 aromatic rings.